The molecule has 4 aromatic rings. The molecule has 0 bridgehead atoms. The molecule has 1 heterocycles. The first-order valence-electron chi connectivity index (χ1n) is 10.2. The van der Waals surface area contributed by atoms with Gasteiger partial charge in [0.1, 0.15) is 11.5 Å². The predicted octanol–water partition coefficient (Wildman–Crippen LogP) is 6.03. The van der Waals surface area contributed by atoms with E-state index >= 15 is 0 Å². The van der Waals surface area contributed by atoms with Gasteiger partial charge < -0.3 is 14.8 Å². The lowest BCUT2D eigenvalue weighted by atomic mass is 10.2. The first-order valence-corrected chi connectivity index (χ1v) is 12.0. The van der Waals surface area contributed by atoms with Crippen molar-refractivity contribution in [2.45, 2.75) is 4.90 Å². The summed E-state index contributed by atoms with van der Waals surface area (Å²) in [6.45, 7) is 0.594. The third kappa shape index (κ3) is 6.47. The predicted molar refractivity (Wildman–Crippen MR) is 134 cm³/mol. The minimum Gasteiger partial charge on any atom is -0.497 e. The fraction of sp³-hybridized carbons (Fsp3) is 0.125. The number of carbonyl (C=O) groups excluding carboxylic acids is 1. The number of rotatable bonds is 9. The van der Waals surface area contributed by atoms with Crippen LogP contribution in [0.4, 0.5) is 15.6 Å². The van der Waals surface area contributed by atoms with Crippen LogP contribution in [0.3, 0.4) is 0 Å². The van der Waals surface area contributed by atoms with Gasteiger partial charge in [-0.25, -0.2) is 4.79 Å². The van der Waals surface area contributed by atoms with Crippen molar-refractivity contribution in [2.24, 2.45) is 0 Å². The molecule has 3 aromatic carbocycles. The van der Waals surface area contributed by atoms with E-state index in [1.165, 1.54) is 11.3 Å². The Hall–Kier alpha value is -3.56. The molecule has 0 atom stereocenters. The van der Waals surface area contributed by atoms with Crippen LogP contribution in [0.1, 0.15) is 0 Å². The van der Waals surface area contributed by atoms with Crippen LogP contribution in [0.5, 0.6) is 11.5 Å². The number of urea groups is 1. The molecule has 2 N–H and O–H groups in total. The van der Waals surface area contributed by atoms with E-state index in [4.69, 9.17) is 9.47 Å². The maximum atomic E-state index is 12.3. The molecular formula is C24H22N4O3S2. The number of benzene rings is 3. The Labute approximate surface area is 200 Å². The van der Waals surface area contributed by atoms with Crippen LogP contribution in [0, 0.1) is 0 Å². The Morgan fingerprint density at radius 1 is 0.939 bits per heavy atom. The van der Waals surface area contributed by atoms with E-state index in [1.54, 1.807) is 37.1 Å². The molecule has 33 heavy (non-hydrogen) atoms. The average Bonchev–Trinajstić information content (AvgIpc) is 3.31. The molecule has 168 valence electrons. The Kier molecular flexibility index (Phi) is 7.78. The molecule has 0 saturated carbocycles. The zero-order valence-corrected chi connectivity index (χ0v) is 19.5. The van der Waals surface area contributed by atoms with Crippen molar-refractivity contribution >= 4 is 39.9 Å². The van der Waals surface area contributed by atoms with Crippen LogP contribution in [0.15, 0.2) is 83.8 Å². The van der Waals surface area contributed by atoms with Gasteiger partial charge in [0.25, 0.3) is 0 Å². The van der Waals surface area contributed by atoms with E-state index in [2.05, 4.69) is 20.8 Å². The van der Waals surface area contributed by atoms with Gasteiger partial charge in [0, 0.05) is 28.0 Å². The summed E-state index contributed by atoms with van der Waals surface area (Å²) in [6.07, 6.45) is 0. The van der Waals surface area contributed by atoms with Crippen LogP contribution in [-0.4, -0.2) is 35.7 Å². The Bertz CT molecular complexity index is 1200. The van der Waals surface area contributed by atoms with Crippen LogP contribution < -0.4 is 20.1 Å². The number of aromatic nitrogens is 2. The maximum Gasteiger partial charge on any atom is 0.325 e. The number of amides is 2. The second-order valence-electron chi connectivity index (χ2n) is 6.73. The topological polar surface area (TPSA) is 85.4 Å². The quantitative estimate of drug-likeness (QED) is 0.226. The second-order valence-corrected chi connectivity index (χ2v) is 8.84. The van der Waals surface area contributed by atoms with Crippen molar-refractivity contribution in [2.75, 3.05) is 30.1 Å². The molecule has 4 rings (SSSR count). The number of anilines is 2. The number of hydrogen-bond acceptors (Lipinski definition) is 7. The summed E-state index contributed by atoms with van der Waals surface area (Å²) in [4.78, 5) is 13.4. The number of methoxy groups -OCH3 is 1. The number of carbonyl (C=O) groups is 1. The summed E-state index contributed by atoms with van der Waals surface area (Å²) in [5, 5.41) is 15.0. The molecular weight excluding hydrogens is 456 g/mol. The smallest absolute Gasteiger partial charge is 0.325 e. The fourth-order valence-corrected chi connectivity index (χ4v) is 4.66. The van der Waals surface area contributed by atoms with Crippen LogP contribution in [0.2, 0.25) is 0 Å². The molecule has 0 aliphatic heterocycles. The molecule has 9 heteroatoms. The molecule has 0 spiro atoms. The Morgan fingerprint density at radius 2 is 1.73 bits per heavy atom. The standard InChI is InChI=1S/C24H22N4O3S2/c1-30-19-11-7-8-17(16-19)25-23(29)26-24-28-27-22(33-24)20-12-5-6-13-21(20)32-15-14-31-18-9-3-2-4-10-18/h2-13,16H,14-15H2,1H3,(H2,25,26,28,29). The number of nitrogens with one attached hydrogen (secondary N) is 2. The minimum absolute atomic E-state index is 0.397. The summed E-state index contributed by atoms with van der Waals surface area (Å²) >= 11 is 3.01. The molecule has 0 unspecified atom stereocenters. The van der Waals surface area contributed by atoms with Crippen LogP contribution in [-0.2, 0) is 0 Å². The highest BCUT2D eigenvalue weighted by Crippen LogP contribution is 2.34. The molecule has 2 amide bonds. The van der Waals surface area contributed by atoms with Gasteiger partial charge in [0.05, 0.1) is 13.7 Å². The zero-order chi connectivity index (χ0) is 22.9. The zero-order valence-electron chi connectivity index (χ0n) is 17.9. The number of thioether (sulfide) groups is 1. The Morgan fingerprint density at radius 3 is 2.58 bits per heavy atom. The van der Waals surface area contributed by atoms with E-state index in [0.717, 1.165) is 27.0 Å². The SMILES string of the molecule is COc1cccc(NC(=O)Nc2nnc(-c3ccccc3SCCOc3ccccc3)s2)c1. The van der Waals surface area contributed by atoms with E-state index in [0.29, 0.717) is 23.2 Å². The molecule has 7 nitrogen and oxygen atoms in total. The molecule has 1 aromatic heterocycles. The third-order valence-corrected chi connectivity index (χ3v) is 6.35. The van der Waals surface area contributed by atoms with Gasteiger partial charge in [-0.05, 0) is 30.3 Å². The summed E-state index contributed by atoms with van der Waals surface area (Å²) in [6, 6.07) is 24.5. The van der Waals surface area contributed by atoms with Gasteiger partial charge in [-0.2, -0.15) is 0 Å². The summed E-state index contributed by atoms with van der Waals surface area (Å²) < 4.78 is 10.9. The van der Waals surface area contributed by atoms with Crippen LogP contribution in [0.25, 0.3) is 10.6 Å². The van der Waals surface area contributed by atoms with Gasteiger partial charge in [-0.3, -0.25) is 5.32 Å². The number of ether oxygens (including phenoxy) is 2. The first kappa shape index (κ1) is 22.6. The average molecular weight is 479 g/mol. The third-order valence-electron chi connectivity index (χ3n) is 4.44. The van der Waals surface area contributed by atoms with E-state index in [9.17, 15) is 4.79 Å². The van der Waals surface area contributed by atoms with Crippen molar-refractivity contribution in [3.63, 3.8) is 0 Å². The van der Waals surface area contributed by atoms with Crippen LogP contribution >= 0.6 is 23.1 Å². The normalized spacial score (nSPS) is 10.5. The number of nitrogens with zero attached hydrogens (tertiary/aromatic N) is 2. The highest BCUT2D eigenvalue weighted by Gasteiger charge is 2.13. The van der Waals surface area contributed by atoms with Gasteiger partial charge in [0.2, 0.25) is 5.13 Å². The molecule has 0 aliphatic rings. The summed E-state index contributed by atoms with van der Waals surface area (Å²) in [5.41, 5.74) is 1.59. The largest absolute Gasteiger partial charge is 0.497 e. The highest BCUT2D eigenvalue weighted by molar-refractivity contribution is 7.99. The molecule has 0 radical (unpaired) electrons. The molecule has 0 saturated heterocycles. The summed E-state index contributed by atoms with van der Waals surface area (Å²) in [7, 11) is 1.58. The lowest BCUT2D eigenvalue weighted by Gasteiger charge is -2.08. The van der Waals surface area contributed by atoms with Crippen molar-refractivity contribution in [1.82, 2.24) is 10.2 Å². The highest BCUT2D eigenvalue weighted by atomic mass is 32.2. The molecule has 0 aliphatic carbocycles. The van der Waals surface area contributed by atoms with Gasteiger partial charge in [-0.1, -0.05) is 53.8 Å². The molecule has 0 fully saturated rings. The lowest BCUT2D eigenvalue weighted by Crippen LogP contribution is -2.19. The van der Waals surface area contributed by atoms with E-state index in [1.807, 2.05) is 60.7 Å². The summed E-state index contributed by atoms with van der Waals surface area (Å²) in [5.74, 6) is 2.31. The van der Waals surface area contributed by atoms with Crippen molar-refractivity contribution in [3.8, 4) is 22.1 Å². The van der Waals surface area contributed by atoms with E-state index < -0.39 is 6.03 Å². The van der Waals surface area contributed by atoms with Crippen molar-refractivity contribution in [3.05, 3.63) is 78.9 Å². The first-order chi connectivity index (χ1) is 16.2. The minimum atomic E-state index is -0.397. The number of para-hydroxylation sites is 1. The van der Waals surface area contributed by atoms with Gasteiger partial charge >= 0.3 is 6.03 Å². The van der Waals surface area contributed by atoms with Gasteiger partial charge in [0.15, 0.2) is 5.01 Å². The van der Waals surface area contributed by atoms with Gasteiger partial charge in [-0.15, -0.1) is 22.0 Å². The van der Waals surface area contributed by atoms with Crippen molar-refractivity contribution in [1.29, 1.82) is 0 Å². The Balaban J connectivity index is 1.35. The monoisotopic (exact) mass is 478 g/mol. The second kappa shape index (κ2) is 11.3. The maximum absolute atomic E-state index is 12.3. The van der Waals surface area contributed by atoms with E-state index in [-0.39, 0.29) is 0 Å². The fourth-order valence-electron chi connectivity index (χ4n) is 2.94. The van der Waals surface area contributed by atoms with Crippen molar-refractivity contribution < 1.29 is 14.3 Å². The lowest BCUT2D eigenvalue weighted by molar-refractivity contribution is 0.262. The number of hydrogen-bond donors (Lipinski definition) is 2.